The van der Waals surface area contributed by atoms with Gasteiger partial charge in [0.15, 0.2) is 0 Å². The molecule has 2 rings (SSSR count). The zero-order chi connectivity index (χ0) is 12.8. The van der Waals surface area contributed by atoms with Crippen LogP contribution in [0, 0.1) is 0 Å². The van der Waals surface area contributed by atoms with E-state index in [-0.39, 0.29) is 6.04 Å². The Morgan fingerprint density at radius 2 is 1.72 bits per heavy atom. The van der Waals surface area contributed by atoms with Gasteiger partial charge in [-0.15, -0.1) is 0 Å². The fraction of sp³-hybridized carbons (Fsp3) is 0.286. The van der Waals surface area contributed by atoms with Crippen molar-refractivity contribution in [3.8, 4) is 0 Å². The zero-order valence-electron chi connectivity index (χ0n) is 10.5. The van der Waals surface area contributed by atoms with Crippen molar-refractivity contribution < 1.29 is 0 Å². The number of rotatable bonds is 5. The molecule has 0 fully saturated rings. The second-order valence-electron chi connectivity index (χ2n) is 4.27. The quantitative estimate of drug-likeness (QED) is 0.619. The van der Waals surface area contributed by atoms with E-state index >= 15 is 0 Å². The van der Waals surface area contributed by atoms with Gasteiger partial charge in [-0.2, -0.15) is 0 Å². The van der Waals surface area contributed by atoms with Crippen LogP contribution in [-0.4, -0.2) is 9.97 Å². The molecule has 94 valence electrons. The number of hydrogen-bond donors (Lipinski definition) is 2. The van der Waals surface area contributed by atoms with Crippen LogP contribution in [0.15, 0.2) is 43.0 Å². The first-order valence-electron chi connectivity index (χ1n) is 6.12. The first-order chi connectivity index (χ1) is 8.83. The van der Waals surface area contributed by atoms with Crippen molar-refractivity contribution in [2.45, 2.75) is 25.8 Å². The van der Waals surface area contributed by atoms with Gasteiger partial charge in [-0.25, -0.2) is 9.97 Å². The van der Waals surface area contributed by atoms with Crippen molar-refractivity contribution in [2.24, 2.45) is 5.84 Å². The molecule has 0 radical (unpaired) electrons. The molecular weight excluding hydrogens is 224 g/mol. The first kappa shape index (κ1) is 12.7. The normalized spacial score (nSPS) is 12.3. The van der Waals surface area contributed by atoms with E-state index in [1.807, 2.05) is 0 Å². The summed E-state index contributed by atoms with van der Waals surface area (Å²) in [5, 5.41) is 0. The van der Waals surface area contributed by atoms with Gasteiger partial charge in [0.1, 0.15) is 6.33 Å². The van der Waals surface area contributed by atoms with Crippen molar-refractivity contribution in [1.29, 1.82) is 0 Å². The van der Waals surface area contributed by atoms with E-state index in [1.165, 1.54) is 17.5 Å². The molecule has 1 atom stereocenters. The van der Waals surface area contributed by atoms with E-state index in [1.54, 1.807) is 12.4 Å². The Hall–Kier alpha value is -1.78. The van der Waals surface area contributed by atoms with Crippen LogP contribution >= 0.6 is 0 Å². The van der Waals surface area contributed by atoms with Crippen LogP contribution in [0.25, 0.3) is 0 Å². The van der Waals surface area contributed by atoms with Gasteiger partial charge in [0.05, 0.1) is 6.04 Å². The van der Waals surface area contributed by atoms with E-state index in [9.17, 15) is 0 Å². The summed E-state index contributed by atoms with van der Waals surface area (Å²) in [6.07, 6.45) is 6.99. The molecule has 0 saturated heterocycles. The molecule has 18 heavy (non-hydrogen) atoms. The molecule has 1 heterocycles. The molecule has 1 unspecified atom stereocenters. The Morgan fingerprint density at radius 1 is 1.11 bits per heavy atom. The minimum atomic E-state index is 0.0404. The van der Waals surface area contributed by atoms with Gasteiger partial charge in [0.25, 0.3) is 0 Å². The second-order valence-corrected chi connectivity index (χ2v) is 4.27. The maximum atomic E-state index is 5.60. The van der Waals surface area contributed by atoms with Crippen molar-refractivity contribution >= 4 is 0 Å². The summed E-state index contributed by atoms with van der Waals surface area (Å²) in [6.45, 7) is 2.15. The van der Waals surface area contributed by atoms with E-state index in [0.717, 1.165) is 18.4 Å². The highest BCUT2D eigenvalue weighted by molar-refractivity contribution is 5.24. The molecule has 0 aliphatic heterocycles. The highest BCUT2D eigenvalue weighted by atomic mass is 15.2. The predicted octanol–water partition coefficient (Wildman–Crippen LogP) is 1.79. The van der Waals surface area contributed by atoms with Crippen LogP contribution in [0.4, 0.5) is 0 Å². The van der Waals surface area contributed by atoms with Crippen LogP contribution in [0.3, 0.4) is 0 Å². The average molecular weight is 242 g/mol. The monoisotopic (exact) mass is 242 g/mol. The van der Waals surface area contributed by atoms with Crippen molar-refractivity contribution in [1.82, 2.24) is 15.4 Å². The SMILES string of the molecule is CCc1ccc(CC(NN)c2cncnc2)cc1. The third-order valence-electron chi connectivity index (χ3n) is 3.06. The third kappa shape index (κ3) is 3.12. The van der Waals surface area contributed by atoms with Gasteiger partial charge >= 0.3 is 0 Å². The first-order valence-corrected chi connectivity index (χ1v) is 6.12. The minimum absolute atomic E-state index is 0.0404. The van der Waals surface area contributed by atoms with Gasteiger partial charge in [-0.1, -0.05) is 31.2 Å². The number of benzene rings is 1. The lowest BCUT2D eigenvalue weighted by atomic mass is 10.0. The van der Waals surface area contributed by atoms with E-state index < -0.39 is 0 Å². The fourth-order valence-electron chi connectivity index (χ4n) is 1.91. The second kappa shape index (κ2) is 6.23. The Bertz CT molecular complexity index is 467. The van der Waals surface area contributed by atoms with Crippen LogP contribution < -0.4 is 11.3 Å². The number of nitrogens with two attached hydrogens (primary N) is 1. The maximum absolute atomic E-state index is 5.60. The molecule has 1 aromatic carbocycles. The molecule has 0 bridgehead atoms. The number of aromatic nitrogens is 2. The number of aryl methyl sites for hydroxylation is 1. The third-order valence-corrected chi connectivity index (χ3v) is 3.06. The maximum Gasteiger partial charge on any atom is 0.115 e. The summed E-state index contributed by atoms with van der Waals surface area (Å²) in [4.78, 5) is 8.03. The molecule has 0 saturated carbocycles. The molecule has 0 aliphatic carbocycles. The number of nitrogens with zero attached hydrogens (tertiary/aromatic N) is 2. The van der Waals surface area contributed by atoms with Crippen molar-refractivity contribution in [3.63, 3.8) is 0 Å². The molecule has 4 nitrogen and oxygen atoms in total. The van der Waals surface area contributed by atoms with Crippen LogP contribution in [0.2, 0.25) is 0 Å². The minimum Gasteiger partial charge on any atom is -0.271 e. The van der Waals surface area contributed by atoms with E-state index in [4.69, 9.17) is 5.84 Å². The summed E-state index contributed by atoms with van der Waals surface area (Å²) >= 11 is 0. The lowest BCUT2D eigenvalue weighted by molar-refractivity contribution is 0.548. The molecule has 1 aromatic heterocycles. The predicted molar refractivity (Wildman–Crippen MR) is 71.6 cm³/mol. The van der Waals surface area contributed by atoms with Gasteiger partial charge in [0.2, 0.25) is 0 Å². The van der Waals surface area contributed by atoms with Crippen LogP contribution in [0.1, 0.15) is 29.7 Å². The molecule has 0 amide bonds. The summed E-state index contributed by atoms with van der Waals surface area (Å²) in [5.74, 6) is 5.60. The highest BCUT2D eigenvalue weighted by Gasteiger charge is 2.10. The molecule has 0 aliphatic rings. The van der Waals surface area contributed by atoms with Gasteiger partial charge in [0, 0.05) is 18.0 Å². The summed E-state index contributed by atoms with van der Waals surface area (Å²) in [5.41, 5.74) is 6.41. The van der Waals surface area contributed by atoms with E-state index in [0.29, 0.717) is 0 Å². The Labute approximate surface area is 107 Å². The largest absolute Gasteiger partial charge is 0.271 e. The standard InChI is InChI=1S/C14H18N4/c1-2-11-3-5-12(6-4-11)7-14(18-15)13-8-16-10-17-9-13/h3-6,8-10,14,18H,2,7,15H2,1H3. The number of nitrogens with one attached hydrogen (secondary N) is 1. The lowest BCUT2D eigenvalue weighted by Gasteiger charge is -2.15. The van der Waals surface area contributed by atoms with E-state index in [2.05, 4.69) is 46.6 Å². The summed E-state index contributed by atoms with van der Waals surface area (Å²) in [6, 6.07) is 8.65. The molecule has 4 heteroatoms. The van der Waals surface area contributed by atoms with Crippen LogP contribution in [-0.2, 0) is 12.8 Å². The molecule has 3 N–H and O–H groups in total. The topological polar surface area (TPSA) is 63.8 Å². The molecular formula is C14H18N4. The van der Waals surface area contributed by atoms with Gasteiger partial charge in [-0.05, 0) is 24.0 Å². The summed E-state index contributed by atoms with van der Waals surface area (Å²) < 4.78 is 0. The number of hydrogen-bond acceptors (Lipinski definition) is 4. The average Bonchev–Trinajstić information content (AvgIpc) is 2.46. The van der Waals surface area contributed by atoms with Crippen molar-refractivity contribution in [2.75, 3.05) is 0 Å². The zero-order valence-corrected chi connectivity index (χ0v) is 10.5. The Kier molecular flexibility index (Phi) is 4.39. The van der Waals surface area contributed by atoms with Crippen molar-refractivity contribution in [3.05, 3.63) is 59.7 Å². The van der Waals surface area contributed by atoms with Crippen LogP contribution in [0.5, 0.6) is 0 Å². The number of hydrazine groups is 1. The summed E-state index contributed by atoms with van der Waals surface area (Å²) in [7, 11) is 0. The fourth-order valence-corrected chi connectivity index (χ4v) is 1.91. The molecule has 2 aromatic rings. The lowest BCUT2D eigenvalue weighted by Crippen LogP contribution is -2.29. The highest BCUT2D eigenvalue weighted by Crippen LogP contribution is 2.16. The van der Waals surface area contributed by atoms with Gasteiger partial charge in [-0.3, -0.25) is 11.3 Å². The van der Waals surface area contributed by atoms with Gasteiger partial charge < -0.3 is 0 Å². The Balaban J connectivity index is 2.10. The molecule has 0 spiro atoms. The Morgan fingerprint density at radius 3 is 2.28 bits per heavy atom. The smallest absolute Gasteiger partial charge is 0.115 e.